The first-order valence-corrected chi connectivity index (χ1v) is 11.3. The standard InChI is InChI=1S/C23H20IN3OS/c1-28-21-8-7-17(11-20(21)24)13-26-23-19(12-25)18-9-10-27(15-22(18)29-23)14-16-5-3-2-4-6-16/h2-8,11,13H,9-10,14-15H2,1H3. The number of hydrogen-bond donors (Lipinski definition) is 0. The molecule has 4 nitrogen and oxygen atoms in total. The van der Waals surface area contributed by atoms with Gasteiger partial charge in [0.15, 0.2) is 0 Å². The quantitative estimate of drug-likeness (QED) is 0.333. The fourth-order valence-electron chi connectivity index (χ4n) is 3.52. The molecular formula is C23H20IN3OS. The summed E-state index contributed by atoms with van der Waals surface area (Å²) in [5.41, 5.74) is 4.23. The Labute approximate surface area is 188 Å². The van der Waals surface area contributed by atoms with Gasteiger partial charge in [0, 0.05) is 30.7 Å². The van der Waals surface area contributed by atoms with Gasteiger partial charge in [0.1, 0.15) is 16.8 Å². The van der Waals surface area contributed by atoms with E-state index < -0.39 is 0 Å². The summed E-state index contributed by atoms with van der Waals surface area (Å²) >= 11 is 3.90. The molecule has 0 spiro atoms. The minimum atomic E-state index is 0.740. The molecule has 146 valence electrons. The van der Waals surface area contributed by atoms with E-state index >= 15 is 0 Å². The van der Waals surface area contributed by atoms with Crippen LogP contribution in [0.2, 0.25) is 0 Å². The summed E-state index contributed by atoms with van der Waals surface area (Å²) in [5, 5.41) is 10.5. The van der Waals surface area contributed by atoms with Gasteiger partial charge < -0.3 is 4.74 Å². The molecule has 6 heteroatoms. The van der Waals surface area contributed by atoms with Gasteiger partial charge in [-0.15, -0.1) is 11.3 Å². The van der Waals surface area contributed by atoms with E-state index in [-0.39, 0.29) is 0 Å². The molecule has 0 bridgehead atoms. The van der Waals surface area contributed by atoms with Crippen LogP contribution in [-0.2, 0) is 19.5 Å². The van der Waals surface area contributed by atoms with Crippen molar-refractivity contribution in [3.05, 3.63) is 79.2 Å². The topological polar surface area (TPSA) is 48.6 Å². The fraction of sp³-hybridized carbons (Fsp3) is 0.217. The minimum Gasteiger partial charge on any atom is -0.496 e. The largest absolute Gasteiger partial charge is 0.496 e. The number of hydrogen-bond acceptors (Lipinski definition) is 5. The van der Waals surface area contributed by atoms with Crippen LogP contribution in [0.4, 0.5) is 5.00 Å². The molecule has 3 aromatic rings. The molecule has 0 amide bonds. The highest BCUT2D eigenvalue weighted by Gasteiger charge is 2.24. The molecule has 1 aliphatic heterocycles. The summed E-state index contributed by atoms with van der Waals surface area (Å²) in [7, 11) is 1.67. The van der Waals surface area contributed by atoms with Crippen molar-refractivity contribution in [3.8, 4) is 11.8 Å². The number of nitrogens with zero attached hydrogens (tertiary/aromatic N) is 3. The maximum Gasteiger partial charge on any atom is 0.134 e. The number of nitriles is 1. The lowest BCUT2D eigenvalue weighted by Gasteiger charge is -2.26. The second-order valence-corrected chi connectivity index (χ2v) is 9.14. The Kier molecular flexibility index (Phi) is 6.28. The van der Waals surface area contributed by atoms with E-state index in [1.807, 2.05) is 30.5 Å². The molecule has 0 aliphatic carbocycles. The van der Waals surface area contributed by atoms with Gasteiger partial charge in [-0.2, -0.15) is 5.26 Å². The second-order valence-electron chi connectivity index (χ2n) is 6.89. The van der Waals surface area contributed by atoms with Gasteiger partial charge in [-0.1, -0.05) is 30.3 Å². The zero-order valence-electron chi connectivity index (χ0n) is 16.1. The van der Waals surface area contributed by atoms with Crippen molar-refractivity contribution >= 4 is 45.1 Å². The van der Waals surface area contributed by atoms with Crippen molar-refractivity contribution in [3.63, 3.8) is 0 Å². The Morgan fingerprint density at radius 3 is 2.83 bits per heavy atom. The van der Waals surface area contributed by atoms with Crippen LogP contribution in [0.25, 0.3) is 0 Å². The van der Waals surface area contributed by atoms with Crippen molar-refractivity contribution in [2.75, 3.05) is 13.7 Å². The number of rotatable bonds is 5. The van der Waals surface area contributed by atoms with E-state index in [1.165, 1.54) is 16.0 Å². The predicted molar refractivity (Wildman–Crippen MR) is 126 cm³/mol. The number of halogens is 1. The molecule has 1 aromatic heterocycles. The van der Waals surface area contributed by atoms with Crippen LogP contribution in [-0.4, -0.2) is 24.8 Å². The third kappa shape index (κ3) is 4.53. The molecule has 0 saturated heterocycles. The maximum absolute atomic E-state index is 9.73. The molecule has 0 radical (unpaired) electrons. The van der Waals surface area contributed by atoms with E-state index in [1.54, 1.807) is 18.4 Å². The Morgan fingerprint density at radius 2 is 2.10 bits per heavy atom. The van der Waals surface area contributed by atoms with E-state index in [4.69, 9.17) is 4.74 Å². The normalized spacial score (nSPS) is 14.0. The Hall–Kier alpha value is -2.21. The van der Waals surface area contributed by atoms with Gasteiger partial charge in [0.05, 0.1) is 16.2 Å². The van der Waals surface area contributed by atoms with Gasteiger partial charge >= 0.3 is 0 Å². The number of methoxy groups -OCH3 is 1. The highest BCUT2D eigenvalue weighted by atomic mass is 127. The molecule has 0 fully saturated rings. The molecule has 0 unspecified atom stereocenters. The number of thiophene rings is 1. The Bertz CT molecular complexity index is 1090. The van der Waals surface area contributed by atoms with Crippen molar-refractivity contribution in [1.82, 2.24) is 4.90 Å². The average Bonchev–Trinajstić information content (AvgIpc) is 3.09. The molecule has 0 atom stereocenters. The van der Waals surface area contributed by atoms with Gasteiger partial charge in [0.25, 0.3) is 0 Å². The van der Waals surface area contributed by atoms with Crippen molar-refractivity contribution in [1.29, 1.82) is 5.26 Å². The number of fused-ring (bicyclic) bond motifs is 1. The van der Waals surface area contributed by atoms with E-state index in [2.05, 4.69) is 62.8 Å². The van der Waals surface area contributed by atoms with Crippen LogP contribution >= 0.6 is 33.9 Å². The monoisotopic (exact) mass is 513 g/mol. The summed E-state index contributed by atoms with van der Waals surface area (Å²) in [5.74, 6) is 0.852. The molecular weight excluding hydrogens is 493 g/mol. The first kappa shape index (κ1) is 20.1. The third-order valence-electron chi connectivity index (χ3n) is 4.98. The van der Waals surface area contributed by atoms with Crippen molar-refractivity contribution in [2.24, 2.45) is 4.99 Å². The summed E-state index contributed by atoms with van der Waals surface area (Å²) in [6, 6.07) is 18.9. The van der Waals surface area contributed by atoms with Crippen LogP contribution < -0.4 is 4.74 Å². The van der Waals surface area contributed by atoms with Gasteiger partial charge in [-0.05, 0) is 63.9 Å². The highest BCUT2D eigenvalue weighted by molar-refractivity contribution is 14.1. The first-order chi connectivity index (χ1) is 14.2. The Balaban J connectivity index is 1.54. The average molecular weight is 513 g/mol. The van der Waals surface area contributed by atoms with Crippen LogP contribution in [0.15, 0.2) is 53.5 Å². The fourth-order valence-corrected chi connectivity index (χ4v) is 5.46. The molecule has 4 rings (SSSR count). The number of ether oxygens (including phenoxy) is 1. The maximum atomic E-state index is 9.73. The van der Waals surface area contributed by atoms with E-state index in [9.17, 15) is 5.26 Å². The smallest absolute Gasteiger partial charge is 0.134 e. The van der Waals surface area contributed by atoms with Gasteiger partial charge in [0.2, 0.25) is 0 Å². The lowest BCUT2D eigenvalue weighted by Crippen LogP contribution is -2.29. The summed E-state index contributed by atoms with van der Waals surface area (Å²) in [4.78, 5) is 8.37. The van der Waals surface area contributed by atoms with Crippen LogP contribution in [0.1, 0.15) is 27.1 Å². The molecule has 2 heterocycles. The molecule has 29 heavy (non-hydrogen) atoms. The third-order valence-corrected chi connectivity index (χ3v) is 6.95. The Morgan fingerprint density at radius 1 is 1.28 bits per heavy atom. The summed E-state index contributed by atoms with van der Waals surface area (Å²) < 4.78 is 6.35. The minimum absolute atomic E-state index is 0.740. The second kappa shape index (κ2) is 9.08. The zero-order valence-corrected chi connectivity index (χ0v) is 19.0. The first-order valence-electron chi connectivity index (χ1n) is 9.36. The predicted octanol–water partition coefficient (Wildman–Crippen LogP) is 5.54. The molecule has 1 aliphatic rings. The number of aliphatic imine (C=N–C) groups is 1. The lowest BCUT2D eigenvalue weighted by atomic mass is 10.0. The van der Waals surface area contributed by atoms with Gasteiger partial charge in [-0.3, -0.25) is 4.90 Å². The molecule has 0 N–H and O–H groups in total. The van der Waals surface area contributed by atoms with Crippen molar-refractivity contribution in [2.45, 2.75) is 19.5 Å². The van der Waals surface area contributed by atoms with Crippen LogP contribution in [0, 0.1) is 14.9 Å². The zero-order chi connectivity index (χ0) is 20.2. The summed E-state index contributed by atoms with van der Waals surface area (Å²) in [6.07, 6.45) is 2.74. The van der Waals surface area contributed by atoms with Crippen LogP contribution in [0.3, 0.4) is 0 Å². The van der Waals surface area contributed by atoms with E-state index in [0.717, 1.165) is 51.5 Å². The summed E-state index contributed by atoms with van der Waals surface area (Å²) in [6.45, 7) is 2.77. The molecule has 2 aromatic carbocycles. The lowest BCUT2D eigenvalue weighted by molar-refractivity contribution is 0.249. The van der Waals surface area contributed by atoms with Gasteiger partial charge in [-0.25, -0.2) is 4.99 Å². The highest BCUT2D eigenvalue weighted by Crippen LogP contribution is 2.38. The SMILES string of the molecule is COc1ccc(C=Nc2sc3c(c2C#N)CCN(Cc2ccccc2)C3)cc1I. The number of benzene rings is 2. The van der Waals surface area contributed by atoms with E-state index in [0.29, 0.717) is 0 Å². The molecule has 0 saturated carbocycles. The van der Waals surface area contributed by atoms with Crippen molar-refractivity contribution < 1.29 is 4.74 Å². The van der Waals surface area contributed by atoms with Crippen LogP contribution in [0.5, 0.6) is 5.75 Å².